The summed E-state index contributed by atoms with van der Waals surface area (Å²) in [5, 5.41) is 15.1. The van der Waals surface area contributed by atoms with Gasteiger partial charge < -0.3 is 21.7 Å². The molecule has 3 rings (SSSR count). The van der Waals surface area contributed by atoms with Crippen LogP contribution < -0.4 is 21.7 Å². The van der Waals surface area contributed by atoms with Gasteiger partial charge in [0.05, 0.1) is 23.0 Å². The van der Waals surface area contributed by atoms with Gasteiger partial charge in [0.2, 0.25) is 0 Å². The summed E-state index contributed by atoms with van der Waals surface area (Å²) >= 11 is 0. The minimum absolute atomic E-state index is 0.173. The molecular formula is C22H21F3N8O2. The first-order chi connectivity index (χ1) is 16.4. The molecule has 13 heteroatoms. The Morgan fingerprint density at radius 1 is 1.31 bits per heavy atom. The Kier molecular flexibility index (Phi) is 6.77. The van der Waals surface area contributed by atoms with Crippen molar-refractivity contribution in [3.8, 4) is 17.2 Å². The third-order valence-corrected chi connectivity index (χ3v) is 5.31. The Morgan fingerprint density at radius 2 is 2.00 bits per heavy atom. The second-order valence-electron chi connectivity index (χ2n) is 8.18. The summed E-state index contributed by atoms with van der Waals surface area (Å²) in [6.45, 7) is 4.09. The number of anilines is 2. The number of nitrogens with one attached hydrogen (secondary N) is 1. The van der Waals surface area contributed by atoms with Gasteiger partial charge in [0, 0.05) is 42.3 Å². The van der Waals surface area contributed by atoms with E-state index in [9.17, 15) is 28.1 Å². The van der Waals surface area contributed by atoms with Gasteiger partial charge in [0.15, 0.2) is 0 Å². The lowest BCUT2D eigenvalue weighted by molar-refractivity contribution is -0.112. The molecule has 3 heterocycles. The molecule has 0 aromatic carbocycles. The maximum absolute atomic E-state index is 12.7. The quantitative estimate of drug-likeness (QED) is 0.319. The van der Waals surface area contributed by atoms with Crippen LogP contribution in [0.4, 0.5) is 24.7 Å². The number of aryl methyl sites for hydroxylation is 1. The van der Waals surface area contributed by atoms with Gasteiger partial charge in [-0.2, -0.15) is 23.3 Å². The molecule has 0 aliphatic carbocycles. The van der Waals surface area contributed by atoms with E-state index in [-0.39, 0.29) is 11.3 Å². The van der Waals surface area contributed by atoms with E-state index in [0.29, 0.717) is 48.0 Å². The average molecular weight is 486 g/mol. The molecule has 182 valence electrons. The molecule has 1 aliphatic heterocycles. The van der Waals surface area contributed by atoms with E-state index >= 15 is 0 Å². The molecule has 2 aromatic rings. The Labute approximate surface area is 198 Å². The maximum Gasteiger partial charge on any atom is 0.430 e. The number of amides is 1. The number of rotatable bonds is 6. The number of allylic oxidation sites excluding steroid dienone is 1. The first kappa shape index (κ1) is 25.2. The van der Waals surface area contributed by atoms with Crippen LogP contribution >= 0.6 is 0 Å². The number of hydrogen-bond acceptors (Lipinski definition) is 9. The number of aromatic nitrogens is 2. The van der Waals surface area contributed by atoms with Crippen LogP contribution in [0.25, 0.3) is 11.1 Å². The zero-order chi connectivity index (χ0) is 26.0. The highest BCUT2D eigenvalue weighted by Gasteiger charge is 2.42. The lowest BCUT2D eigenvalue weighted by Gasteiger charge is -2.43. The van der Waals surface area contributed by atoms with Crippen LogP contribution in [0.1, 0.15) is 18.2 Å². The Hall–Kier alpha value is -4.47. The zero-order valence-electron chi connectivity index (χ0n) is 18.7. The summed E-state index contributed by atoms with van der Waals surface area (Å²) < 4.78 is 38.1. The molecule has 1 fully saturated rings. The van der Waals surface area contributed by atoms with Crippen molar-refractivity contribution in [2.45, 2.75) is 25.6 Å². The van der Waals surface area contributed by atoms with Gasteiger partial charge in [-0.1, -0.05) is 5.18 Å². The van der Waals surface area contributed by atoms with Gasteiger partial charge in [0.25, 0.3) is 5.91 Å². The Bertz CT molecular complexity index is 1270. The molecule has 0 saturated carbocycles. The third kappa shape index (κ3) is 5.37. The fourth-order valence-electron chi connectivity index (χ4n) is 3.46. The van der Waals surface area contributed by atoms with Gasteiger partial charge in [-0.3, -0.25) is 9.78 Å². The molecular weight excluding hydrogens is 465 g/mol. The number of hydrogen-bond donors (Lipinski definition) is 3. The topological polar surface area (TPSA) is 163 Å². The molecule has 0 bridgehead atoms. The number of carbonyl (C=O) groups is 1. The Balaban J connectivity index is 1.87. The van der Waals surface area contributed by atoms with Gasteiger partial charge in [-0.05, 0) is 32.1 Å². The largest absolute Gasteiger partial charge is 0.430 e. The van der Waals surface area contributed by atoms with Crippen molar-refractivity contribution >= 4 is 17.4 Å². The van der Waals surface area contributed by atoms with Crippen molar-refractivity contribution in [2.75, 3.05) is 23.3 Å². The van der Waals surface area contributed by atoms with Gasteiger partial charge in [-0.25, -0.2) is 4.98 Å². The standard InChI is InChI=1S/C22H21F3N8O2/c1-12-17(15-3-13(6-26)19(30-8-15)33-10-21(2,11-33)32-35)5-16(9-29-12)31-20(34)14(7-27)4-18(28)22(23,24)25/h3-5,7-9H,10-11,27-28H2,1-2H3,(H,31,34)/b14-7+,18-4-. The number of nitroso groups, excluding NO2 is 1. The zero-order valence-corrected chi connectivity index (χ0v) is 18.7. The summed E-state index contributed by atoms with van der Waals surface area (Å²) in [6.07, 6.45) is -0.835. The van der Waals surface area contributed by atoms with Crippen LogP contribution in [0.5, 0.6) is 0 Å². The number of nitrogens with zero attached hydrogens (tertiary/aromatic N) is 5. The van der Waals surface area contributed by atoms with Gasteiger partial charge in [0.1, 0.15) is 23.1 Å². The van der Waals surface area contributed by atoms with Crippen LogP contribution in [0.2, 0.25) is 0 Å². The monoisotopic (exact) mass is 486 g/mol. The number of nitrogens with two attached hydrogens (primary N) is 2. The van der Waals surface area contributed by atoms with Crippen molar-refractivity contribution in [3.05, 3.63) is 64.2 Å². The molecule has 5 N–H and O–H groups in total. The summed E-state index contributed by atoms with van der Waals surface area (Å²) in [6, 6.07) is 5.22. The Morgan fingerprint density at radius 3 is 2.57 bits per heavy atom. The van der Waals surface area contributed by atoms with E-state index in [4.69, 9.17) is 11.5 Å². The van der Waals surface area contributed by atoms with Crippen molar-refractivity contribution < 1.29 is 18.0 Å². The first-order valence-corrected chi connectivity index (χ1v) is 10.1. The lowest BCUT2D eigenvalue weighted by atomic mass is 9.93. The van der Waals surface area contributed by atoms with E-state index in [1.807, 2.05) is 0 Å². The SMILES string of the molecule is Cc1ncc(NC(=O)C(/C=C(\N)C(F)(F)F)=C/N)cc1-c1cnc(N2CC(C)(N=O)C2)c(C#N)c1. The predicted octanol–water partition coefficient (Wildman–Crippen LogP) is 2.85. The number of pyridine rings is 2. The number of halogens is 3. The van der Waals surface area contributed by atoms with E-state index in [1.165, 1.54) is 12.4 Å². The highest BCUT2D eigenvalue weighted by atomic mass is 19.4. The number of carbonyl (C=O) groups excluding carboxylic acids is 1. The van der Waals surface area contributed by atoms with Crippen LogP contribution in [0.3, 0.4) is 0 Å². The molecule has 1 aliphatic rings. The average Bonchev–Trinajstić information content (AvgIpc) is 2.80. The normalized spacial score (nSPS) is 15.7. The van der Waals surface area contributed by atoms with Gasteiger partial charge >= 0.3 is 6.18 Å². The maximum atomic E-state index is 12.7. The van der Waals surface area contributed by atoms with Crippen LogP contribution in [0.15, 0.2) is 53.2 Å². The molecule has 35 heavy (non-hydrogen) atoms. The van der Waals surface area contributed by atoms with Crippen LogP contribution in [0, 0.1) is 23.2 Å². The molecule has 2 aromatic heterocycles. The molecule has 0 unspecified atom stereocenters. The van der Waals surface area contributed by atoms with E-state index in [2.05, 4.69) is 26.5 Å². The lowest BCUT2D eigenvalue weighted by Crippen LogP contribution is -2.59. The van der Waals surface area contributed by atoms with Crippen molar-refractivity contribution in [2.24, 2.45) is 16.6 Å². The van der Waals surface area contributed by atoms with E-state index in [1.54, 1.807) is 30.9 Å². The first-order valence-electron chi connectivity index (χ1n) is 10.1. The van der Waals surface area contributed by atoms with Crippen LogP contribution in [-0.2, 0) is 4.79 Å². The molecule has 10 nitrogen and oxygen atoms in total. The molecule has 1 amide bonds. The highest BCUT2D eigenvalue weighted by molar-refractivity contribution is 6.06. The summed E-state index contributed by atoms with van der Waals surface area (Å²) in [4.78, 5) is 33.7. The summed E-state index contributed by atoms with van der Waals surface area (Å²) in [7, 11) is 0. The third-order valence-electron chi connectivity index (χ3n) is 5.31. The molecule has 0 atom stereocenters. The summed E-state index contributed by atoms with van der Waals surface area (Å²) in [5.41, 5.74) is 9.63. The van der Waals surface area contributed by atoms with E-state index < -0.39 is 28.9 Å². The van der Waals surface area contributed by atoms with Crippen molar-refractivity contribution in [1.29, 1.82) is 5.26 Å². The molecule has 0 spiro atoms. The fourth-order valence-corrected chi connectivity index (χ4v) is 3.46. The molecule has 1 saturated heterocycles. The van der Waals surface area contributed by atoms with E-state index in [0.717, 1.165) is 0 Å². The van der Waals surface area contributed by atoms with Crippen molar-refractivity contribution in [3.63, 3.8) is 0 Å². The fraction of sp³-hybridized carbons (Fsp3) is 0.273. The minimum atomic E-state index is -4.82. The second kappa shape index (κ2) is 9.41. The molecule has 0 radical (unpaired) electrons. The second-order valence-corrected chi connectivity index (χ2v) is 8.18. The number of alkyl halides is 3. The number of nitriles is 1. The van der Waals surface area contributed by atoms with Crippen LogP contribution in [-0.4, -0.2) is 40.7 Å². The predicted molar refractivity (Wildman–Crippen MR) is 123 cm³/mol. The highest BCUT2D eigenvalue weighted by Crippen LogP contribution is 2.33. The summed E-state index contributed by atoms with van der Waals surface area (Å²) in [5.74, 6) is -0.508. The van der Waals surface area contributed by atoms with Gasteiger partial charge in [-0.15, -0.1) is 0 Å². The smallest absolute Gasteiger partial charge is 0.404 e. The van der Waals surface area contributed by atoms with Crippen molar-refractivity contribution in [1.82, 2.24) is 9.97 Å². The minimum Gasteiger partial charge on any atom is -0.404 e.